The Labute approximate surface area is 118 Å². The summed E-state index contributed by atoms with van der Waals surface area (Å²) in [5.74, 6) is 0.341. The number of esters is 1. The van der Waals surface area contributed by atoms with Gasteiger partial charge in [0.25, 0.3) is 0 Å². The molecule has 2 heterocycles. The number of hydrogen-bond acceptors (Lipinski definition) is 6. The molecule has 1 aromatic rings. The van der Waals surface area contributed by atoms with Gasteiger partial charge in [-0.15, -0.1) is 35.0 Å². The minimum absolute atomic E-state index is 0. The number of nitrogens with zero attached hydrogens (tertiary/aromatic N) is 3. The maximum absolute atomic E-state index is 11.2. The van der Waals surface area contributed by atoms with Gasteiger partial charge >= 0.3 is 5.97 Å². The van der Waals surface area contributed by atoms with Crippen LogP contribution in [0.5, 0.6) is 0 Å². The molecule has 1 aliphatic rings. The van der Waals surface area contributed by atoms with E-state index in [-0.39, 0.29) is 30.5 Å². The third-order valence-electron chi connectivity index (χ3n) is 2.49. The highest BCUT2D eigenvalue weighted by atomic mass is 35.5. The van der Waals surface area contributed by atoms with E-state index in [1.165, 1.54) is 7.11 Å². The van der Waals surface area contributed by atoms with E-state index in [1.807, 2.05) is 0 Å². The lowest BCUT2D eigenvalue weighted by Gasteiger charge is -2.27. The van der Waals surface area contributed by atoms with Crippen molar-refractivity contribution in [2.45, 2.75) is 0 Å². The number of hydrogen-bond donors (Lipinski definition) is 1. The van der Waals surface area contributed by atoms with Gasteiger partial charge in [-0.1, -0.05) is 0 Å². The Kier molecular flexibility index (Phi) is 7.58. The summed E-state index contributed by atoms with van der Waals surface area (Å²) < 4.78 is 4.56. The van der Waals surface area contributed by atoms with E-state index in [1.54, 1.807) is 12.1 Å². The van der Waals surface area contributed by atoms with Gasteiger partial charge in [0, 0.05) is 26.2 Å². The normalized spacial score (nSPS) is 14.2. The Morgan fingerprint density at radius 1 is 1.28 bits per heavy atom. The van der Waals surface area contributed by atoms with Crippen molar-refractivity contribution in [1.29, 1.82) is 0 Å². The highest BCUT2D eigenvalue weighted by Crippen LogP contribution is 2.10. The van der Waals surface area contributed by atoms with Gasteiger partial charge in [-0.25, -0.2) is 4.79 Å². The van der Waals surface area contributed by atoms with Crippen molar-refractivity contribution in [2.24, 2.45) is 0 Å². The average Bonchev–Trinajstić information content (AvgIpc) is 2.39. The summed E-state index contributed by atoms with van der Waals surface area (Å²) in [6.45, 7) is 3.71. The summed E-state index contributed by atoms with van der Waals surface area (Å²) in [7, 11) is 1.33. The second-order valence-electron chi connectivity index (χ2n) is 3.51. The summed E-state index contributed by atoms with van der Waals surface area (Å²) in [4.78, 5) is 13.3. The fraction of sp³-hybridized carbons (Fsp3) is 0.500. The van der Waals surface area contributed by atoms with Gasteiger partial charge in [0.1, 0.15) is 0 Å². The molecule has 102 valence electrons. The van der Waals surface area contributed by atoms with Crippen LogP contribution in [0.25, 0.3) is 0 Å². The van der Waals surface area contributed by atoms with Crippen molar-refractivity contribution < 1.29 is 9.53 Å². The van der Waals surface area contributed by atoms with Crippen LogP contribution in [0.3, 0.4) is 0 Å². The molecule has 0 bridgehead atoms. The molecule has 0 aromatic carbocycles. The van der Waals surface area contributed by atoms with Crippen LogP contribution in [-0.4, -0.2) is 49.5 Å². The summed E-state index contributed by atoms with van der Waals surface area (Å²) in [6, 6.07) is 3.43. The molecule has 18 heavy (non-hydrogen) atoms. The third kappa shape index (κ3) is 3.97. The van der Waals surface area contributed by atoms with E-state index < -0.39 is 5.97 Å². The van der Waals surface area contributed by atoms with Crippen molar-refractivity contribution >= 4 is 36.6 Å². The molecule has 0 spiro atoms. The summed E-state index contributed by atoms with van der Waals surface area (Å²) >= 11 is 0. The summed E-state index contributed by atoms with van der Waals surface area (Å²) in [5.41, 5.74) is 0.237. The van der Waals surface area contributed by atoms with E-state index >= 15 is 0 Å². The van der Waals surface area contributed by atoms with Gasteiger partial charge in [-0.3, -0.25) is 0 Å². The molecular weight excluding hydrogens is 279 g/mol. The predicted octanol–water partition coefficient (Wildman–Crippen LogP) is 0.516. The van der Waals surface area contributed by atoms with Gasteiger partial charge in [-0.2, -0.15) is 0 Å². The average molecular weight is 295 g/mol. The lowest BCUT2D eigenvalue weighted by Crippen LogP contribution is -2.44. The van der Waals surface area contributed by atoms with Crippen LogP contribution in [0.2, 0.25) is 0 Å². The fourth-order valence-electron chi connectivity index (χ4n) is 1.60. The largest absolute Gasteiger partial charge is 0.464 e. The summed E-state index contributed by atoms with van der Waals surface area (Å²) in [6.07, 6.45) is 0. The zero-order chi connectivity index (χ0) is 11.4. The molecule has 0 radical (unpaired) electrons. The molecule has 0 saturated carbocycles. The number of rotatable bonds is 2. The van der Waals surface area contributed by atoms with Gasteiger partial charge in [0.2, 0.25) is 0 Å². The number of anilines is 1. The van der Waals surface area contributed by atoms with Crippen LogP contribution in [-0.2, 0) is 4.74 Å². The van der Waals surface area contributed by atoms with Crippen molar-refractivity contribution in [2.75, 3.05) is 38.2 Å². The minimum Gasteiger partial charge on any atom is -0.464 e. The highest BCUT2D eigenvalue weighted by Gasteiger charge is 2.13. The Bertz CT molecular complexity index is 369. The Morgan fingerprint density at radius 3 is 2.44 bits per heavy atom. The zero-order valence-corrected chi connectivity index (χ0v) is 11.6. The highest BCUT2D eigenvalue weighted by molar-refractivity contribution is 5.87. The number of carbonyl (C=O) groups excluding carboxylic acids is 1. The van der Waals surface area contributed by atoms with Crippen LogP contribution in [0.4, 0.5) is 5.82 Å². The molecule has 2 rings (SSSR count). The van der Waals surface area contributed by atoms with E-state index in [0.717, 1.165) is 32.0 Å². The van der Waals surface area contributed by atoms with Crippen LogP contribution >= 0.6 is 24.8 Å². The number of nitrogens with one attached hydrogen (secondary N) is 1. The molecule has 1 N–H and O–H groups in total. The third-order valence-corrected chi connectivity index (χ3v) is 2.49. The van der Waals surface area contributed by atoms with Crippen LogP contribution in [0.15, 0.2) is 12.1 Å². The Hall–Kier alpha value is -1.11. The second kappa shape index (κ2) is 8.07. The first-order valence-corrected chi connectivity index (χ1v) is 5.19. The summed E-state index contributed by atoms with van der Waals surface area (Å²) in [5, 5.41) is 11.1. The Morgan fingerprint density at radius 2 is 1.94 bits per heavy atom. The van der Waals surface area contributed by atoms with Gasteiger partial charge in [0.05, 0.1) is 7.11 Å². The monoisotopic (exact) mass is 294 g/mol. The molecule has 0 unspecified atom stereocenters. The number of halogens is 2. The van der Waals surface area contributed by atoms with E-state index in [9.17, 15) is 4.79 Å². The van der Waals surface area contributed by atoms with Gasteiger partial charge in [-0.05, 0) is 12.1 Å². The molecular formula is C10H16Cl2N4O2. The molecule has 1 saturated heterocycles. The van der Waals surface area contributed by atoms with E-state index in [0.29, 0.717) is 0 Å². The zero-order valence-electron chi connectivity index (χ0n) is 9.96. The topological polar surface area (TPSA) is 67.3 Å². The van der Waals surface area contributed by atoms with Crippen LogP contribution in [0.1, 0.15) is 10.5 Å². The van der Waals surface area contributed by atoms with Gasteiger partial charge < -0.3 is 15.0 Å². The SMILES string of the molecule is COC(=O)c1ccc(N2CCNCC2)nn1.Cl.Cl. The first-order valence-electron chi connectivity index (χ1n) is 5.19. The molecule has 1 fully saturated rings. The smallest absolute Gasteiger partial charge is 0.358 e. The van der Waals surface area contributed by atoms with Crippen LogP contribution < -0.4 is 10.2 Å². The molecule has 1 aromatic heterocycles. The van der Waals surface area contributed by atoms with Crippen molar-refractivity contribution in [1.82, 2.24) is 15.5 Å². The minimum atomic E-state index is -0.459. The molecule has 6 nitrogen and oxygen atoms in total. The number of methoxy groups -OCH3 is 1. The molecule has 0 atom stereocenters. The lowest BCUT2D eigenvalue weighted by molar-refractivity contribution is 0.0592. The quantitative estimate of drug-likeness (QED) is 0.802. The maximum Gasteiger partial charge on any atom is 0.358 e. The molecule has 0 amide bonds. The van der Waals surface area contributed by atoms with Gasteiger partial charge in [0.15, 0.2) is 11.5 Å². The first kappa shape index (κ1) is 16.9. The fourth-order valence-corrected chi connectivity index (χ4v) is 1.60. The Balaban J connectivity index is 0.00000144. The van der Waals surface area contributed by atoms with Crippen molar-refractivity contribution in [3.8, 4) is 0 Å². The standard InChI is InChI=1S/C10H14N4O2.2ClH/c1-16-10(15)8-2-3-9(13-12-8)14-6-4-11-5-7-14;;/h2-3,11H,4-7H2,1H3;2*1H. The predicted molar refractivity (Wildman–Crippen MR) is 73.0 cm³/mol. The van der Waals surface area contributed by atoms with Crippen LogP contribution in [0, 0.1) is 0 Å². The second-order valence-corrected chi connectivity index (χ2v) is 3.51. The molecule has 1 aliphatic heterocycles. The number of ether oxygens (including phenoxy) is 1. The van der Waals surface area contributed by atoms with Crippen molar-refractivity contribution in [3.05, 3.63) is 17.8 Å². The lowest BCUT2D eigenvalue weighted by atomic mass is 10.3. The molecule has 0 aliphatic carbocycles. The van der Waals surface area contributed by atoms with E-state index in [4.69, 9.17) is 0 Å². The maximum atomic E-state index is 11.2. The van der Waals surface area contributed by atoms with E-state index in [2.05, 4.69) is 25.2 Å². The first-order chi connectivity index (χ1) is 7.81. The van der Waals surface area contributed by atoms with Crippen molar-refractivity contribution in [3.63, 3.8) is 0 Å². The number of carbonyl (C=O) groups is 1. The number of piperazine rings is 1. The number of aromatic nitrogens is 2. The molecule has 8 heteroatoms.